The van der Waals surface area contributed by atoms with Gasteiger partial charge in [0, 0.05) is 0 Å². The Hall–Kier alpha value is 0.521. The molecule has 3 heterocycles. The molecule has 0 radical (unpaired) electrons. The van der Waals surface area contributed by atoms with Crippen LogP contribution in [-0.2, 0) is 0 Å². The fourth-order valence-electron chi connectivity index (χ4n) is 8.10. The molecule has 0 saturated heterocycles. The van der Waals surface area contributed by atoms with Crippen molar-refractivity contribution in [3.63, 3.8) is 0 Å². The van der Waals surface area contributed by atoms with Gasteiger partial charge in [-0.2, -0.15) is 0 Å². The van der Waals surface area contributed by atoms with Crippen molar-refractivity contribution >= 4 is 48.4 Å². The molecule has 0 amide bonds. The van der Waals surface area contributed by atoms with Crippen LogP contribution in [0.1, 0.15) is 0 Å². The molecule has 0 unspecified atom stereocenters. The lowest BCUT2D eigenvalue weighted by atomic mass is 9.97. The lowest BCUT2D eigenvalue weighted by Crippen LogP contribution is -2.53. The molecule has 4 rings (SSSR count). The van der Waals surface area contributed by atoms with Gasteiger partial charge < -0.3 is 0 Å². The first-order valence-electron chi connectivity index (χ1n) is 12.6. The fourth-order valence-corrected chi connectivity index (χ4v) is 50.5. The van der Waals surface area contributed by atoms with Crippen LogP contribution in [0.15, 0.2) is 31.2 Å². The molecule has 168 valence electrons. The van der Waals surface area contributed by atoms with Gasteiger partial charge in [-0.15, -0.1) is 0 Å². The summed E-state index contributed by atoms with van der Waals surface area (Å²) >= 11 is 0. The van der Waals surface area contributed by atoms with Crippen molar-refractivity contribution in [2.24, 2.45) is 0 Å². The second kappa shape index (κ2) is 6.56. The summed E-state index contributed by atoms with van der Waals surface area (Å²) in [5, 5.41) is 4.14. The highest BCUT2D eigenvalue weighted by molar-refractivity contribution is 7.11. The minimum atomic E-state index is -1.36. The Kier molecular flexibility index (Phi) is 5.17. The van der Waals surface area contributed by atoms with E-state index in [4.69, 9.17) is 0 Å². The largest absolute Gasteiger partial charge is 0.0833 e. The van der Waals surface area contributed by atoms with E-state index in [0.29, 0.717) is 0 Å². The van der Waals surface area contributed by atoms with E-state index in [2.05, 4.69) is 98.6 Å². The minimum absolute atomic E-state index is 1.34. The van der Waals surface area contributed by atoms with E-state index in [9.17, 15) is 0 Å². The Morgan fingerprint density at radius 2 is 0.533 bits per heavy atom. The third kappa shape index (κ3) is 3.25. The zero-order valence-electron chi connectivity index (χ0n) is 22.2. The predicted molar refractivity (Wildman–Crippen MR) is 155 cm³/mol. The molecule has 0 N–H and O–H groups in total. The molecular weight excluding hydrogens is 457 g/mol. The maximum Gasteiger partial charge on any atom is 0.0810 e. The molecular formula is C24H48Si6. The van der Waals surface area contributed by atoms with E-state index in [1.165, 1.54) is 0 Å². The number of allylic oxidation sites excluding steroid dienone is 4. The molecule has 0 aromatic carbocycles. The topological polar surface area (TPSA) is 0 Å². The smallest absolute Gasteiger partial charge is 0.0810 e. The van der Waals surface area contributed by atoms with Gasteiger partial charge >= 0.3 is 0 Å². The van der Waals surface area contributed by atoms with Gasteiger partial charge in [-0.1, -0.05) is 135 Å². The molecule has 0 bridgehead atoms. The highest BCUT2D eigenvalue weighted by Gasteiger charge is 2.58. The summed E-state index contributed by atoms with van der Waals surface area (Å²) in [5.41, 5.74) is 4.04. The second-order valence-electron chi connectivity index (χ2n) is 15.1. The highest BCUT2D eigenvalue weighted by atomic mass is 28.4. The normalized spacial score (nSPS) is 32.4. The van der Waals surface area contributed by atoms with E-state index >= 15 is 0 Å². The third-order valence-electron chi connectivity index (χ3n) is 9.69. The van der Waals surface area contributed by atoms with Crippen LogP contribution in [0.2, 0.25) is 115 Å². The lowest BCUT2D eigenvalue weighted by Gasteiger charge is -2.52. The van der Waals surface area contributed by atoms with Crippen LogP contribution >= 0.6 is 0 Å². The average Bonchev–Trinajstić information content (AvgIpc) is 2.66. The predicted octanol–water partition coefficient (Wildman–Crippen LogP) is 8.42. The maximum atomic E-state index is 2.79. The molecule has 3 aliphatic heterocycles. The maximum absolute atomic E-state index is 2.79. The van der Waals surface area contributed by atoms with E-state index in [1.807, 2.05) is 11.1 Å². The van der Waals surface area contributed by atoms with Gasteiger partial charge in [0.1, 0.15) is 0 Å². The second-order valence-corrected chi connectivity index (χ2v) is 44.7. The van der Waals surface area contributed by atoms with E-state index in [1.54, 1.807) is 36.3 Å². The number of hydrogen-bond donors (Lipinski definition) is 0. The minimum Gasteiger partial charge on any atom is -0.0833 e. The monoisotopic (exact) mass is 504 g/mol. The van der Waals surface area contributed by atoms with Gasteiger partial charge in [-0.3, -0.25) is 0 Å². The summed E-state index contributed by atoms with van der Waals surface area (Å²) in [6.45, 7) is 33.3. The van der Waals surface area contributed by atoms with Gasteiger partial charge in [0.2, 0.25) is 0 Å². The van der Waals surface area contributed by atoms with Crippen molar-refractivity contribution in [2.75, 3.05) is 0 Å². The van der Waals surface area contributed by atoms with Gasteiger partial charge in [0.05, 0.1) is 48.4 Å². The Morgan fingerprint density at radius 1 is 0.333 bits per heavy atom. The molecule has 0 aromatic heterocycles. The molecule has 4 aliphatic rings. The van der Waals surface area contributed by atoms with E-state index < -0.39 is 48.4 Å². The molecule has 0 saturated carbocycles. The number of rotatable bonds is 0. The van der Waals surface area contributed by atoms with Crippen LogP contribution in [0.4, 0.5) is 0 Å². The van der Waals surface area contributed by atoms with Crippen LogP contribution in [0.3, 0.4) is 0 Å². The van der Waals surface area contributed by atoms with Gasteiger partial charge in [-0.25, -0.2) is 0 Å². The van der Waals surface area contributed by atoms with Gasteiger partial charge in [-0.05, 0) is 11.1 Å². The van der Waals surface area contributed by atoms with Crippen molar-refractivity contribution in [2.45, 2.75) is 115 Å². The summed E-state index contributed by atoms with van der Waals surface area (Å²) in [6, 6.07) is 9.44. The standard InChI is InChI=1S/C24H48Si6/c1-25(2)13-15-27(5,6)23-19-20-22(21(19)25)26(3,4)14-16-28(7,8)24(20)30(11,12)18-17-29(23,9)10/h13-18H2,1-12H3. The molecule has 30 heavy (non-hydrogen) atoms. The Morgan fingerprint density at radius 3 is 0.767 bits per heavy atom. The van der Waals surface area contributed by atoms with Crippen molar-refractivity contribution in [3.8, 4) is 0 Å². The molecule has 0 fully saturated rings. The Labute approximate surface area is 193 Å². The van der Waals surface area contributed by atoms with Crippen LogP contribution in [0.25, 0.3) is 0 Å². The Balaban J connectivity index is 2.27. The first-order valence-corrected chi connectivity index (χ1v) is 31.9. The third-order valence-corrected chi connectivity index (χ3v) is 38.7. The molecule has 0 nitrogen and oxygen atoms in total. The lowest BCUT2D eigenvalue weighted by molar-refractivity contribution is 1.21. The molecule has 0 spiro atoms. The van der Waals surface area contributed by atoms with Crippen molar-refractivity contribution in [1.29, 1.82) is 0 Å². The zero-order valence-corrected chi connectivity index (χ0v) is 28.2. The Bertz CT molecular complexity index is 834. The van der Waals surface area contributed by atoms with E-state index in [-0.39, 0.29) is 0 Å². The summed E-state index contributed by atoms with van der Waals surface area (Å²) in [5.74, 6) is 0. The number of hydrogen-bond acceptors (Lipinski definition) is 0. The summed E-state index contributed by atoms with van der Waals surface area (Å²) in [4.78, 5) is 4.33. The van der Waals surface area contributed by atoms with Crippen LogP contribution in [-0.4, -0.2) is 48.4 Å². The highest BCUT2D eigenvalue weighted by Crippen LogP contribution is 2.62. The summed E-state index contributed by atoms with van der Waals surface area (Å²) < 4.78 is 0. The van der Waals surface area contributed by atoms with Crippen LogP contribution in [0, 0.1) is 0 Å². The van der Waals surface area contributed by atoms with Gasteiger partial charge in [0.15, 0.2) is 0 Å². The molecule has 0 atom stereocenters. The first-order chi connectivity index (χ1) is 13.4. The molecule has 6 heteroatoms. The van der Waals surface area contributed by atoms with Crippen molar-refractivity contribution in [1.82, 2.24) is 0 Å². The quantitative estimate of drug-likeness (QED) is 0.290. The van der Waals surface area contributed by atoms with Gasteiger partial charge in [0.25, 0.3) is 0 Å². The average molecular weight is 505 g/mol. The van der Waals surface area contributed by atoms with Crippen LogP contribution in [0.5, 0.6) is 0 Å². The van der Waals surface area contributed by atoms with E-state index in [0.717, 1.165) is 0 Å². The molecule has 1 aliphatic carbocycles. The molecule has 0 aromatic rings. The van der Waals surface area contributed by atoms with Crippen molar-refractivity contribution < 1.29 is 0 Å². The zero-order chi connectivity index (χ0) is 22.7. The summed E-state index contributed by atoms with van der Waals surface area (Å²) in [7, 11) is -8.11. The van der Waals surface area contributed by atoms with Crippen molar-refractivity contribution in [3.05, 3.63) is 31.2 Å². The summed E-state index contributed by atoms with van der Waals surface area (Å²) in [6.07, 6.45) is 0. The fraction of sp³-hybridized carbons (Fsp3) is 0.750. The van der Waals surface area contributed by atoms with Crippen LogP contribution < -0.4 is 0 Å². The first kappa shape index (κ1) is 23.7. The SMILES string of the molecule is C[Si]1(C)CC[Si](C)(C)C2=C3C4=C([Si](C)(C)CC[Si](C)(C)C4=C31)[Si](C)(C)CC[Si]2(C)C.